The number of nitrogens with one attached hydrogen (secondary N) is 1. The highest BCUT2D eigenvalue weighted by Crippen LogP contribution is 2.28. The van der Waals surface area contributed by atoms with Crippen LogP contribution in [0.5, 0.6) is 0 Å². The van der Waals surface area contributed by atoms with Gasteiger partial charge in [0.05, 0.1) is 16.8 Å². The maximum Gasteiger partial charge on any atom is 0.0757 e. The number of aromatic nitrogens is 1. The average molecular weight is 297 g/mol. The van der Waals surface area contributed by atoms with Crippen molar-refractivity contribution in [2.75, 3.05) is 6.54 Å². The van der Waals surface area contributed by atoms with Gasteiger partial charge < -0.3 is 5.32 Å². The second-order valence-electron chi connectivity index (χ2n) is 4.96. The Bertz CT molecular complexity index is 732. The van der Waals surface area contributed by atoms with Gasteiger partial charge in [-0.25, -0.2) is 0 Å². The second kappa shape index (κ2) is 6.25. The third kappa shape index (κ3) is 2.92. The Morgan fingerprint density at radius 3 is 2.62 bits per heavy atom. The van der Waals surface area contributed by atoms with Crippen LogP contribution in [0.2, 0.25) is 5.02 Å². The zero-order chi connectivity index (χ0) is 14.7. The number of rotatable bonds is 4. The highest BCUT2D eigenvalue weighted by Gasteiger charge is 2.16. The molecule has 0 aliphatic rings. The van der Waals surface area contributed by atoms with E-state index in [4.69, 9.17) is 11.6 Å². The second-order valence-corrected chi connectivity index (χ2v) is 5.40. The third-order valence-electron chi connectivity index (χ3n) is 3.59. The third-order valence-corrected chi connectivity index (χ3v) is 3.81. The minimum absolute atomic E-state index is 0.0679. The van der Waals surface area contributed by atoms with Crippen molar-refractivity contribution in [2.24, 2.45) is 0 Å². The molecule has 1 aromatic heterocycles. The van der Waals surface area contributed by atoms with Gasteiger partial charge in [0.1, 0.15) is 0 Å². The minimum atomic E-state index is 0.0679. The van der Waals surface area contributed by atoms with Crippen molar-refractivity contribution in [1.82, 2.24) is 10.3 Å². The molecule has 0 bridgehead atoms. The van der Waals surface area contributed by atoms with Crippen molar-refractivity contribution in [3.63, 3.8) is 0 Å². The SMILES string of the molecule is CCNC(c1ccc(Cl)cn1)c1cccc2ccccc12. The fraction of sp³-hybridized carbons (Fsp3) is 0.167. The van der Waals surface area contributed by atoms with E-state index in [1.54, 1.807) is 6.20 Å². The molecule has 2 aromatic carbocycles. The van der Waals surface area contributed by atoms with Gasteiger partial charge in [0, 0.05) is 6.20 Å². The molecule has 1 atom stereocenters. The van der Waals surface area contributed by atoms with E-state index in [0.717, 1.165) is 12.2 Å². The molecule has 0 saturated heterocycles. The maximum absolute atomic E-state index is 5.95. The first kappa shape index (κ1) is 14.1. The summed E-state index contributed by atoms with van der Waals surface area (Å²) in [7, 11) is 0. The van der Waals surface area contributed by atoms with Gasteiger partial charge in [-0.05, 0) is 35.0 Å². The van der Waals surface area contributed by atoms with Crippen molar-refractivity contribution < 1.29 is 0 Å². The van der Waals surface area contributed by atoms with Crippen molar-refractivity contribution in [3.05, 3.63) is 77.1 Å². The van der Waals surface area contributed by atoms with Crippen molar-refractivity contribution in [1.29, 1.82) is 0 Å². The first-order chi connectivity index (χ1) is 10.3. The number of hydrogen-bond acceptors (Lipinski definition) is 2. The van der Waals surface area contributed by atoms with Crippen molar-refractivity contribution in [3.8, 4) is 0 Å². The van der Waals surface area contributed by atoms with Gasteiger partial charge in [0.25, 0.3) is 0 Å². The monoisotopic (exact) mass is 296 g/mol. The molecule has 0 fully saturated rings. The van der Waals surface area contributed by atoms with Crippen LogP contribution in [0.3, 0.4) is 0 Å². The van der Waals surface area contributed by atoms with E-state index in [1.165, 1.54) is 16.3 Å². The zero-order valence-corrected chi connectivity index (χ0v) is 12.6. The van der Waals surface area contributed by atoms with Crippen LogP contribution in [0.25, 0.3) is 10.8 Å². The molecule has 3 aromatic rings. The average Bonchev–Trinajstić information content (AvgIpc) is 2.53. The summed E-state index contributed by atoms with van der Waals surface area (Å²) in [6.45, 7) is 2.98. The lowest BCUT2D eigenvalue weighted by atomic mass is 9.96. The molecule has 2 nitrogen and oxygen atoms in total. The first-order valence-corrected chi connectivity index (χ1v) is 7.50. The quantitative estimate of drug-likeness (QED) is 0.762. The summed E-state index contributed by atoms with van der Waals surface area (Å²) in [5.41, 5.74) is 2.22. The van der Waals surface area contributed by atoms with Crippen molar-refractivity contribution in [2.45, 2.75) is 13.0 Å². The smallest absolute Gasteiger partial charge is 0.0757 e. The Labute approximate surface area is 129 Å². The van der Waals surface area contributed by atoms with Crippen LogP contribution in [-0.4, -0.2) is 11.5 Å². The van der Waals surface area contributed by atoms with Crippen LogP contribution in [0.15, 0.2) is 60.8 Å². The van der Waals surface area contributed by atoms with Gasteiger partial charge in [-0.2, -0.15) is 0 Å². The summed E-state index contributed by atoms with van der Waals surface area (Å²) in [6.07, 6.45) is 1.70. The lowest BCUT2D eigenvalue weighted by molar-refractivity contribution is 0.619. The topological polar surface area (TPSA) is 24.9 Å². The van der Waals surface area contributed by atoms with Crippen LogP contribution in [0.1, 0.15) is 24.2 Å². The lowest BCUT2D eigenvalue weighted by Gasteiger charge is -2.20. The van der Waals surface area contributed by atoms with Crippen LogP contribution in [0.4, 0.5) is 0 Å². The normalized spacial score (nSPS) is 12.5. The predicted octanol–water partition coefficient (Wildman–Crippen LogP) is 4.59. The molecule has 0 radical (unpaired) electrons. The van der Waals surface area contributed by atoms with E-state index in [1.807, 2.05) is 12.1 Å². The number of benzene rings is 2. The molecule has 21 heavy (non-hydrogen) atoms. The summed E-state index contributed by atoms with van der Waals surface area (Å²) < 4.78 is 0. The van der Waals surface area contributed by atoms with Crippen LogP contribution >= 0.6 is 11.6 Å². The molecule has 0 aliphatic carbocycles. The minimum Gasteiger partial charge on any atom is -0.305 e. The highest BCUT2D eigenvalue weighted by molar-refractivity contribution is 6.30. The molecule has 3 rings (SSSR count). The fourth-order valence-electron chi connectivity index (χ4n) is 2.64. The standard InChI is InChI=1S/C18H17ClN2/c1-2-20-18(17-11-10-14(19)12-21-17)16-9-5-7-13-6-3-4-8-15(13)16/h3-12,18,20H,2H2,1H3. The van der Waals surface area contributed by atoms with Gasteiger partial charge in [-0.1, -0.05) is 61.0 Å². The van der Waals surface area contributed by atoms with Crippen molar-refractivity contribution >= 4 is 22.4 Å². The fourth-order valence-corrected chi connectivity index (χ4v) is 2.75. The number of hydrogen-bond donors (Lipinski definition) is 1. The van der Waals surface area contributed by atoms with Crippen LogP contribution in [0, 0.1) is 0 Å². The van der Waals surface area contributed by atoms with Crippen LogP contribution in [-0.2, 0) is 0 Å². The molecule has 1 heterocycles. The van der Waals surface area contributed by atoms with E-state index in [-0.39, 0.29) is 6.04 Å². The molecular weight excluding hydrogens is 280 g/mol. The number of fused-ring (bicyclic) bond motifs is 1. The number of nitrogens with zero attached hydrogens (tertiary/aromatic N) is 1. The summed E-state index contributed by atoms with van der Waals surface area (Å²) in [5.74, 6) is 0. The lowest BCUT2D eigenvalue weighted by Crippen LogP contribution is -2.23. The molecule has 3 heteroatoms. The number of pyridine rings is 1. The Hall–Kier alpha value is -1.90. The summed E-state index contributed by atoms with van der Waals surface area (Å²) in [5, 5.41) is 6.68. The largest absolute Gasteiger partial charge is 0.305 e. The van der Waals surface area contributed by atoms with E-state index in [9.17, 15) is 0 Å². The zero-order valence-electron chi connectivity index (χ0n) is 11.9. The van der Waals surface area contributed by atoms with E-state index in [0.29, 0.717) is 5.02 Å². The summed E-state index contributed by atoms with van der Waals surface area (Å²) in [4.78, 5) is 4.49. The van der Waals surface area contributed by atoms with Gasteiger partial charge in [-0.15, -0.1) is 0 Å². The predicted molar refractivity (Wildman–Crippen MR) is 88.7 cm³/mol. The Morgan fingerprint density at radius 1 is 1.05 bits per heavy atom. The molecule has 0 amide bonds. The first-order valence-electron chi connectivity index (χ1n) is 7.12. The van der Waals surface area contributed by atoms with E-state index >= 15 is 0 Å². The van der Waals surface area contributed by atoms with E-state index < -0.39 is 0 Å². The Morgan fingerprint density at radius 2 is 1.86 bits per heavy atom. The number of halogens is 1. The molecule has 0 spiro atoms. The molecule has 1 N–H and O–H groups in total. The van der Waals surface area contributed by atoms with Gasteiger partial charge >= 0.3 is 0 Å². The molecule has 106 valence electrons. The highest BCUT2D eigenvalue weighted by atomic mass is 35.5. The Kier molecular flexibility index (Phi) is 4.18. The van der Waals surface area contributed by atoms with Gasteiger partial charge in [0.15, 0.2) is 0 Å². The van der Waals surface area contributed by atoms with Gasteiger partial charge in [0.2, 0.25) is 0 Å². The molecule has 0 saturated carbocycles. The summed E-state index contributed by atoms with van der Waals surface area (Å²) >= 11 is 5.95. The molecular formula is C18H17ClN2. The molecule has 0 aliphatic heterocycles. The Balaban J connectivity index is 2.13. The summed E-state index contributed by atoms with van der Waals surface area (Å²) in [6, 6.07) is 18.8. The van der Waals surface area contributed by atoms with Crippen LogP contribution < -0.4 is 5.32 Å². The van der Waals surface area contributed by atoms with Gasteiger partial charge in [-0.3, -0.25) is 4.98 Å². The molecule has 1 unspecified atom stereocenters. The van der Waals surface area contributed by atoms with E-state index in [2.05, 4.69) is 59.7 Å². The maximum atomic E-state index is 5.95.